The number of allylic oxidation sites excluding steroid dienone is 1. The molecule has 0 fully saturated rings. The lowest BCUT2D eigenvalue weighted by Gasteiger charge is -2.30. The molecule has 1 N–H and O–H groups in total. The van der Waals surface area contributed by atoms with E-state index in [4.69, 9.17) is 14.5 Å². The molecule has 2 heterocycles. The van der Waals surface area contributed by atoms with Gasteiger partial charge < -0.3 is 19.7 Å². The summed E-state index contributed by atoms with van der Waals surface area (Å²) in [5.41, 5.74) is 5.32. The van der Waals surface area contributed by atoms with Crippen LogP contribution < -0.4 is 10.2 Å². The van der Waals surface area contributed by atoms with Crippen LogP contribution in [-0.2, 0) is 14.3 Å². The van der Waals surface area contributed by atoms with E-state index < -0.39 is 0 Å². The number of ether oxygens (including phenoxy) is 2. The van der Waals surface area contributed by atoms with Gasteiger partial charge in [0.2, 0.25) is 5.95 Å². The zero-order valence-electron chi connectivity index (χ0n) is 19.1. The minimum absolute atomic E-state index is 0.206. The van der Waals surface area contributed by atoms with Crippen molar-refractivity contribution in [3.63, 3.8) is 0 Å². The van der Waals surface area contributed by atoms with Gasteiger partial charge in [-0.05, 0) is 50.6 Å². The van der Waals surface area contributed by atoms with Gasteiger partial charge in [-0.3, -0.25) is 4.57 Å². The second kappa shape index (κ2) is 9.44. The molecule has 1 aromatic heterocycles. The summed E-state index contributed by atoms with van der Waals surface area (Å²) in [6.07, 6.45) is 0. The van der Waals surface area contributed by atoms with Crippen LogP contribution in [0.3, 0.4) is 0 Å². The maximum atomic E-state index is 13.2. The van der Waals surface area contributed by atoms with Gasteiger partial charge in [0.1, 0.15) is 6.61 Å². The fourth-order valence-electron chi connectivity index (χ4n) is 4.30. The molecule has 0 radical (unpaired) electrons. The summed E-state index contributed by atoms with van der Waals surface area (Å²) in [5.74, 6) is 0.364. The molecule has 32 heavy (non-hydrogen) atoms. The maximum Gasteiger partial charge on any atom is 0.338 e. The van der Waals surface area contributed by atoms with E-state index in [1.54, 1.807) is 7.11 Å². The van der Waals surface area contributed by atoms with Gasteiger partial charge in [-0.15, -0.1) is 0 Å². The van der Waals surface area contributed by atoms with Gasteiger partial charge in [-0.25, -0.2) is 9.78 Å². The summed E-state index contributed by atoms with van der Waals surface area (Å²) in [6.45, 7) is 8.63. The Hall–Kier alpha value is -3.32. The Labute approximate surface area is 188 Å². The van der Waals surface area contributed by atoms with Crippen LogP contribution in [0.4, 0.5) is 11.6 Å². The molecular weight excluding hydrogens is 404 g/mol. The normalized spacial score (nSPS) is 15.4. The van der Waals surface area contributed by atoms with Crippen molar-refractivity contribution in [3.05, 3.63) is 65.4 Å². The predicted molar refractivity (Wildman–Crippen MR) is 127 cm³/mol. The molecule has 168 valence electrons. The van der Waals surface area contributed by atoms with Crippen molar-refractivity contribution >= 4 is 28.6 Å². The monoisotopic (exact) mass is 434 g/mol. The summed E-state index contributed by atoms with van der Waals surface area (Å²) >= 11 is 0. The third kappa shape index (κ3) is 3.96. The summed E-state index contributed by atoms with van der Waals surface area (Å²) in [4.78, 5) is 20.2. The minimum atomic E-state index is -0.353. The fourth-order valence-corrected chi connectivity index (χ4v) is 4.30. The summed E-state index contributed by atoms with van der Waals surface area (Å²) < 4.78 is 12.7. The molecule has 0 bridgehead atoms. The number of benzene rings is 2. The number of carbonyl (C=O) groups excluding carboxylic acids is 1. The Morgan fingerprint density at radius 1 is 1.09 bits per heavy atom. The molecule has 0 amide bonds. The summed E-state index contributed by atoms with van der Waals surface area (Å²) in [6, 6.07) is 16.0. The number of aromatic nitrogens is 2. The van der Waals surface area contributed by atoms with E-state index in [1.165, 1.54) is 0 Å². The van der Waals surface area contributed by atoms with Gasteiger partial charge in [0, 0.05) is 31.6 Å². The second-order valence-electron chi connectivity index (χ2n) is 7.75. The van der Waals surface area contributed by atoms with Crippen LogP contribution in [-0.4, -0.2) is 48.9 Å². The zero-order valence-corrected chi connectivity index (χ0v) is 19.1. The lowest BCUT2D eigenvalue weighted by atomic mass is 9.94. The van der Waals surface area contributed by atoms with Gasteiger partial charge in [0.15, 0.2) is 0 Å². The van der Waals surface area contributed by atoms with Crippen LogP contribution in [0, 0.1) is 0 Å². The highest BCUT2D eigenvalue weighted by molar-refractivity contribution is 5.94. The van der Waals surface area contributed by atoms with E-state index in [9.17, 15) is 4.79 Å². The number of methoxy groups -OCH3 is 1. The molecule has 2 aromatic carbocycles. The van der Waals surface area contributed by atoms with Gasteiger partial charge in [-0.2, -0.15) is 0 Å². The van der Waals surface area contributed by atoms with E-state index in [2.05, 4.69) is 52.9 Å². The summed E-state index contributed by atoms with van der Waals surface area (Å²) in [7, 11) is 1.59. The molecule has 0 saturated heterocycles. The molecule has 3 aromatic rings. The number of esters is 1. The maximum absolute atomic E-state index is 13.2. The number of nitrogens with one attached hydrogen (secondary N) is 1. The lowest BCUT2D eigenvalue weighted by Crippen LogP contribution is -2.29. The number of rotatable bonds is 8. The van der Waals surface area contributed by atoms with E-state index in [0.717, 1.165) is 47.0 Å². The molecule has 7 nitrogen and oxygen atoms in total. The molecular formula is C25H30N4O3. The highest BCUT2D eigenvalue weighted by atomic mass is 16.6. The Morgan fingerprint density at radius 3 is 2.50 bits per heavy atom. The van der Waals surface area contributed by atoms with Crippen molar-refractivity contribution < 1.29 is 14.3 Å². The third-order valence-electron chi connectivity index (χ3n) is 5.91. The Bertz CT molecular complexity index is 1130. The second-order valence-corrected chi connectivity index (χ2v) is 7.75. The first kappa shape index (κ1) is 21.9. The fraction of sp³-hybridized carbons (Fsp3) is 0.360. The van der Waals surface area contributed by atoms with Crippen LogP contribution in [0.2, 0.25) is 0 Å². The van der Waals surface area contributed by atoms with Gasteiger partial charge in [0.05, 0.1) is 29.3 Å². The quantitative estimate of drug-likeness (QED) is 0.420. The van der Waals surface area contributed by atoms with Gasteiger partial charge in [0.25, 0.3) is 0 Å². The van der Waals surface area contributed by atoms with E-state index >= 15 is 0 Å². The SMILES string of the molecule is CCN(CC)c1ccc([C@H]2C(C(=O)OCCOC)=C(C)Nc3nc4ccccc4n32)cc1. The Balaban J connectivity index is 1.82. The molecule has 1 aliphatic heterocycles. The van der Waals surface area contributed by atoms with E-state index in [0.29, 0.717) is 12.2 Å². The molecule has 0 spiro atoms. The smallest absolute Gasteiger partial charge is 0.338 e. The number of nitrogens with zero attached hydrogens (tertiary/aromatic N) is 3. The average Bonchev–Trinajstić information content (AvgIpc) is 3.17. The first-order chi connectivity index (χ1) is 15.6. The summed E-state index contributed by atoms with van der Waals surface area (Å²) in [5, 5.41) is 3.31. The van der Waals surface area contributed by atoms with E-state index in [-0.39, 0.29) is 18.6 Å². The van der Waals surface area contributed by atoms with Gasteiger partial charge >= 0.3 is 5.97 Å². The first-order valence-corrected chi connectivity index (χ1v) is 11.0. The van der Waals surface area contributed by atoms with Crippen LogP contribution in [0.15, 0.2) is 59.8 Å². The molecule has 1 aliphatic rings. The number of para-hydroxylation sites is 2. The van der Waals surface area contributed by atoms with E-state index in [1.807, 2.05) is 31.2 Å². The van der Waals surface area contributed by atoms with Crippen molar-refractivity contribution in [2.75, 3.05) is 43.6 Å². The molecule has 4 rings (SSSR count). The van der Waals surface area contributed by atoms with Crippen molar-refractivity contribution in [1.82, 2.24) is 9.55 Å². The van der Waals surface area contributed by atoms with Crippen LogP contribution in [0.25, 0.3) is 11.0 Å². The number of hydrogen-bond acceptors (Lipinski definition) is 6. The largest absolute Gasteiger partial charge is 0.460 e. The molecule has 1 atom stereocenters. The van der Waals surface area contributed by atoms with Gasteiger partial charge in [-0.1, -0.05) is 24.3 Å². The topological polar surface area (TPSA) is 68.6 Å². The predicted octanol–water partition coefficient (Wildman–Crippen LogP) is 4.36. The standard InChI is InChI=1S/C25H30N4O3/c1-5-28(6-2)19-13-11-18(12-14-19)23-22(24(30)32-16-15-31-4)17(3)26-25-27-20-9-7-8-10-21(20)29(23)25/h7-14,23H,5-6,15-16H2,1-4H3,(H,26,27)/t23-/m0/s1. The van der Waals surface area contributed by atoms with Crippen LogP contribution >= 0.6 is 0 Å². The molecule has 0 unspecified atom stereocenters. The first-order valence-electron chi connectivity index (χ1n) is 11.0. The number of fused-ring (bicyclic) bond motifs is 3. The third-order valence-corrected chi connectivity index (χ3v) is 5.91. The molecule has 0 saturated carbocycles. The van der Waals surface area contributed by atoms with Crippen molar-refractivity contribution in [2.45, 2.75) is 26.8 Å². The number of imidazole rings is 1. The van der Waals surface area contributed by atoms with Crippen molar-refractivity contribution in [3.8, 4) is 0 Å². The van der Waals surface area contributed by atoms with Crippen molar-refractivity contribution in [2.24, 2.45) is 0 Å². The van der Waals surface area contributed by atoms with Crippen LogP contribution in [0.1, 0.15) is 32.4 Å². The Morgan fingerprint density at radius 2 is 1.81 bits per heavy atom. The lowest BCUT2D eigenvalue weighted by molar-refractivity contribution is -0.140. The molecule has 0 aliphatic carbocycles. The zero-order chi connectivity index (χ0) is 22.7. The van der Waals surface area contributed by atoms with Crippen LogP contribution in [0.5, 0.6) is 0 Å². The number of carbonyl (C=O) groups is 1. The Kier molecular flexibility index (Phi) is 6.46. The number of anilines is 2. The highest BCUT2D eigenvalue weighted by Gasteiger charge is 2.35. The highest BCUT2D eigenvalue weighted by Crippen LogP contribution is 2.39. The molecule has 7 heteroatoms. The average molecular weight is 435 g/mol. The minimum Gasteiger partial charge on any atom is -0.460 e. The number of hydrogen-bond donors (Lipinski definition) is 1. The van der Waals surface area contributed by atoms with Crippen molar-refractivity contribution in [1.29, 1.82) is 0 Å².